The number of hydrogen-bond donors (Lipinski definition) is 1. The number of benzene rings is 2. The Morgan fingerprint density at radius 3 is 2.58 bits per heavy atom. The molecule has 0 spiro atoms. The molecule has 0 bridgehead atoms. The topological polar surface area (TPSA) is 72.7 Å². The lowest BCUT2D eigenvalue weighted by atomic mass is 10.1. The van der Waals surface area contributed by atoms with Crippen LogP contribution >= 0.6 is 23.2 Å². The predicted octanol–water partition coefficient (Wildman–Crippen LogP) is 5.04. The maximum absolute atomic E-state index is 15.0. The van der Waals surface area contributed by atoms with Gasteiger partial charge in [0.1, 0.15) is 5.82 Å². The van der Waals surface area contributed by atoms with Crippen molar-refractivity contribution in [1.29, 1.82) is 0 Å². The molecule has 0 saturated carbocycles. The van der Waals surface area contributed by atoms with Crippen LogP contribution in [0.25, 0.3) is 27.8 Å². The fourth-order valence-corrected chi connectivity index (χ4v) is 4.22. The molecule has 9 heteroatoms. The van der Waals surface area contributed by atoms with Crippen LogP contribution in [0, 0.1) is 5.82 Å². The van der Waals surface area contributed by atoms with Gasteiger partial charge in [-0.15, -0.1) is 0 Å². The average molecular weight is 481 g/mol. The lowest BCUT2D eigenvalue weighted by Gasteiger charge is -2.15. The van der Waals surface area contributed by atoms with E-state index in [2.05, 4.69) is 10.1 Å². The van der Waals surface area contributed by atoms with Crippen molar-refractivity contribution in [2.24, 2.45) is 0 Å². The number of hydrogen-bond acceptors (Lipinski definition) is 3. The third-order valence-electron chi connectivity index (χ3n) is 5.30. The molecule has 5 aromatic rings. The highest BCUT2D eigenvalue weighted by atomic mass is 35.5. The van der Waals surface area contributed by atoms with Crippen molar-refractivity contribution in [1.82, 2.24) is 19.3 Å². The van der Waals surface area contributed by atoms with Gasteiger partial charge in [-0.25, -0.2) is 9.07 Å². The maximum atomic E-state index is 15.0. The standard InChI is InChI=1S/C24H15Cl2FN4O2/c25-15-7-8-18(27)16(10-15)23-22-19(11-21(32)30(23)13-14-4-3-9-28-12-14)29-31(24(22)33)20-6-2-1-5-17(20)26/h1-12,29H,13H2. The zero-order chi connectivity index (χ0) is 23.1. The van der Waals surface area contributed by atoms with Gasteiger partial charge in [-0.1, -0.05) is 41.4 Å². The van der Waals surface area contributed by atoms with Gasteiger partial charge in [0.25, 0.3) is 11.1 Å². The maximum Gasteiger partial charge on any atom is 0.281 e. The molecule has 0 unspecified atom stereocenters. The molecule has 2 aromatic carbocycles. The van der Waals surface area contributed by atoms with E-state index < -0.39 is 16.9 Å². The van der Waals surface area contributed by atoms with Gasteiger partial charge >= 0.3 is 0 Å². The molecule has 33 heavy (non-hydrogen) atoms. The second-order valence-corrected chi connectivity index (χ2v) is 8.24. The van der Waals surface area contributed by atoms with Crippen LogP contribution in [0.4, 0.5) is 4.39 Å². The Balaban J connectivity index is 1.89. The number of aromatic amines is 1. The molecule has 0 fully saturated rings. The molecule has 0 amide bonds. The highest BCUT2D eigenvalue weighted by Gasteiger charge is 2.22. The van der Waals surface area contributed by atoms with Crippen molar-refractivity contribution in [3.63, 3.8) is 0 Å². The van der Waals surface area contributed by atoms with E-state index in [1.54, 1.807) is 48.8 Å². The molecule has 5 rings (SSSR count). The summed E-state index contributed by atoms with van der Waals surface area (Å²) >= 11 is 12.5. The SMILES string of the molecule is O=c1c2c(-c3cc(Cl)ccc3F)n(Cc3cccnc3)c(=O)cc2[nH]n1-c1ccccc1Cl. The monoisotopic (exact) mass is 480 g/mol. The van der Waals surface area contributed by atoms with Crippen LogP contribution in [-0.2, 0) is 6.54 Å². The van der Waals surface area contributed by atoms with E-state index in [1.165, 1.54) is 33.5 Å². The van der Waals surface area contributed by atoms with Crippen LogP contribution in [0.5, 0.6) is 0 Å². The molecule has 3 aromatic heterocycles. The van der Waals surface area contributed by atoms with Gasteiger partial charge < -0.3 is 4.57 Å². The number of aromatic nitrogens is 4. The van der Waals surface area contributed by atoms with Gasteiger partial charge in [0.15, 0.2) is 0 Å². The summed E-state index contributed by atoms with van der Waals surface area (Å²) in [5.74, 6) is -0.615. The highest BCUT2D eigenvalue weighted by Crippen LogP contribution is 2.31. The largest absolute Gasteiger partial charge is 0.303 e. The number of pyridine rings is 2. The third-order valence-corrected chi connectivity index (χ3v) is 5.85. The van der Waals surface area contributed by atoms with Gasteiger partial charge in [-0.2, -0.15) is 0 Å². The fraction of sp³-hybridized carbons (Fsp3) is 0.0417. The van der Waals surface area contributed by atoms with Crippen LogP contribution in [0.15, 0.2) is 82.6 Å². The summed E-state index contributed by atoms with van der Waals surface area (Å²) in [5.41, 5.74) is 0.626. The van der Waals surface area contributed by atoms with E-state index >= 15 is 4.39 Å². The zero-order valence-electron chi connectivity index (χ0n) is 16.9. The van der Waals surface area contributed by atoms with Gasteiger partial charge in [-0.3, -0.25) is 19.7 Å². The first-order valence-corrected chi connectivity index (χ1v) is 10.7. The smallest absolute Gasteiger partial charge is 0.281 e. The molecule has 0 radical (unpaired) electrons. The van der Waals surface area contributed by atoms with Gasteiger partial charge in [0, 0.05) is 29.0 Å². The molecule has 0 saturated heterocycles. The number of H-pyrrole nitrogens is 1. The van der Waals surface area contributed by atoms with E-state index in [0.29, 0.717) is 16.3 Å². The molecule has 1 N–H and O–H groups in total. The normalized spacial score (nSPS) is 11.2. The Morgan fingerprint density at radius 2 is 1.82 bits per heavy atom. The number of para-hydroxylation sites is 1. The van der Waals surface area contributed by atoms with Gasteiger partial charge in [0.2, 0.25) is 0 Å². The Bertz CT molecular complexity index is 1620. The molecule has 6 nitrogen and oxygen atoms in total. The summed E-state index contributed by atoms with van der Waals surface area (Å²) < 4.78 is 17.6. The lowest BCUT2D eigenvalue weighted by Crippen LogP contribution is -2.24. The number of halogens is 3. The second-order valence-electron chi connectivity index (χ2n) is 7.40. The van der Waals surface area contributed by atoms with Crippen LogP contribution in [0.1, 0.15) is 5.56 Å². The molecule has 0 aliphatic heterocycles. The lowest BCUT2D eigenvalue weighted by molar-refractivity contribution is 0.628. The molecule has 0 aliphatic rings. The number of nitrogens with zero attached hydrogens (tertiary/aromatic N) is 3. The Hall–Kier alpha value is -3.68. The number of fused-ring (bicyclic) bond motifs is 1. The van der Waals surface area contributed by atoms with E-state index in [-0.39, 0.29) is 33.7 Å². The first-order chi connectivity index (χ1) is 15.9. The Morgan fingerprint density at radius 1 is 1.00 bits per heavy atom. The molecule has 0 aliphatic carbocycles. The second kappa shape index (κ2) is 8.35. The minimum absolute atomic E-state index is 0.0384. The minimum atomic E-state index is -0.615. The van der Waals surface area contributed by atoms with E-state index in [9.17, 15) is 9.59 Å². The zero-order valence-corrected chi connectivity index (χ0v) is 18.4. The van der Waals surface area contributed by atoms with Crippen molar-refractivity contribution in [3.05, 3.63) is 115 Å². The number of nitrogens with one attached hydrogen (secondary N) is 1. The van der Waals surface area contributed by atoms with E-state index in [0.717, 1.165) is 0 Å². The van der Waals surface area contributed by atoms with Crippen molar-refractivity contribution >= 4 is 34.1 Å². The summed E-state index contributed by atoms with van der Waals surface area (Å²) in [6.45, 7) is 0.0839. The molecule has 164 valence electrons. The Labute approximate surface area is 196 Å². The Kier molecular flexibility index (Phi) is 5.36. The third kappa shape index (κ3) is 3.75. The van der Waals surface area contributed by atoms with Crippen LogP contribution in [0.3, 0.4) is 0 Å². The van der Waals surface area contributed by atoms with Gasteiger partial charge in [-0.05, 0) is 42.0 Å². The molecular weight excluding hydrogens is 466 g/mol. The fourth-order valence-electron chi connectivity index (χ4n) is 3.83. The van der Waals surface area contributed by atoms with Crippen molar-refractivity contribution in [2.75, 3.05) is 0 Å². The minimum Gasteiger partial charge on any atom is -0.303 e. The van der Waals surface area contributed by atoms with Gasteiger partial charge in [0.05, 0.1) is 33.9 Å². The quantitative estimate of drug-likeness (QED) is 0.391. The summed E-state index contributed by atoms with van der Waals surface area (Å²) in [5, 5.41) is 3.68. The van der Waals surface area contributed by atoms with Crippen molar-refractivity contribution in [2.45, 2.75) is 6.54 Å². The summed E-state index contributed by atoms with van der Waals surface area (Å²) in [4.78, 5) is 30.8. The van der Waals surface area contributed by atoms with Crippen molar-refractivity contribution in [3.8, 4) is 16.9 Å². The van der Waals surface area contributed by atoms with E-state index in [4.69, 9.17) is 23.2 Å². The number of rotatable bonds is 4. The highest BCUT2D eigenvalue weighted by molar-refractivity contribution is 6.32. The average Bonchev–Trinajstić information content (AvgIpc) is 3.12. The van der Waals surface area contributed by atoms with Crippen molar-refractivity contribution < 1.29 is 4.39 Å². The summed E-state index contributed by atoms with van der Waals surface area (Å²) in [6.07, 6.45) is 3.22. The van der Waals surface area contributed by atoms with Crippen LogP contribution in [-0.4, -0.2) is 19.3 Å². The molecular formula is C24H15Cl2FN4O2. The van der Waals surface area contributed by atoms with Crippen LogP contribution in [0.2, 0.25) is 10.0 Å². The van der Waals surface area contributed by atoms with E-state index in [1.807, 2.05) is 0 Å². The molecule has 0 atom stereocenters. The first kappa shape index (κ1) is 21.2. The summed E-state index contributed by atoms with van der Waals surface area (Å²) in [6, 6.07) is 15.6. The first-order valence-electron chi connectivity index (χ1n) is 9.92. The summed E-state index contributed by atoms with van der Waals surface area (Å²) in [7, 11) is 0. The molecule has 3 heterocycles. The predicted molar refractivity (Wildman–Crippen MR) is 127 cm³/mol. The van der Waals surface area contributed by atoms with Crippen LogP contribution < -0.4 is 11.1 Å².